The van der Waals surface area contributed by atoms with Crippen molar-refractivity contribution in [2.24, 2.45) is 0 Å². The molecule has 1 atom stereocenters. The number of rotatable bonds is 6. The quantitative estimate of drug-likeness (QED) is 0.714. The van der Waals surface area contributed by atoms with Crippen LogP contribution in [-0.4, -0.2) is 19.3 Å². The van der Waals surface area contributed by atoms with Crippen LogP contribution < -0.4 is 4.74 Å². The molecule has 1 aromatic rings. The maximum atomic E-state index is 5.58. The van der Waals surface area contributed by atoms with Crippen molar-refractivity contribution in [1.82, 2.24) is 0 Å². The molecule has 0 amide bonds. The molecule has 2 heteroatoms. The molecule has 0 aliphatic rings. The summed E-state index contributed by atoms with van der Waals surface area (Å²) in [4.78, 5) is 0. The third-order valence-corrected chi connectivity index (χ3v) is 2.05. The number of hydrogen-bond acceptors (Lipinski definition) is 2. The molecule has 0 saturated carbocycles. The summed E-state index contributed by atoms with van der Waals surface area (Å²) < 4.78 is 11.0. The van der Waals surface area contributed by atoms with Crippen molar-refractivity contribution in [2.45, 2.75) is 26.9 Å². The van der Waals surface area contributed by atoms with Crippen molar-refractivity contribution in [1.29, 1.82) is 0 Å². The first-order chi connectivity index (χ1) is 7.22. The van der Waals surface area contributed by atoms with Crippen LogP contribution in [0.5, 0.6) is 5.75 Å². The van der Waals surface area contributed by atoms with Crippen LogP contribution in [0.25, 0.3) is 0 Å². The summed E-state index contributed by atoms with van der Waals surface area (Å²) in [6, 6.07) is 8.04. The van der Waals surface area contributed by atoms with E-state index in [0.29, 0.717) is 13.2 Å². The Kier molecular flexibility index (Phi) is 5.19. The molecule has 0 saturated heterocycles. The van der Waals surface area contributed by atoms with Crippen molar-refractivity contribution >= 4 is 0 Å². The molecule has 1 aromatic carbocycles. The third-order valence-electron chi connectivity index (χ3n) is 2.05. The SMILES string of the molecule is C[CH]COC(C)COc1ccc(C)cc1. The summed E-state index contributed by atoms with van der Waals surface area (Å²) >= 11 is 0. The fraction of sp³-hybridized carbons (Fsp3) is 0.462. The van der Waals surface area contributed by atoms with Crippen LogP contribution >= 0.6 is 0 Å². The minimum absolute atomic E-state index is 0.127. The fourth-order valence-electron chi connectivity index (χ4n) is 1.16. The summed E-state index contributed by atoms with van der Waals surface area (Å²) in [6.07, 6.45) is 2.12. The van der Waals surface area contributed by atoms with E-state index in [-0.39, 0.29) is 6.10 Å². The molecule has 1 unspecified atom stereocenters. The summed E-state index contributed by atoms with van der Waals surface area (Å²) in [5.74, 6) is 0.900. The summed E-state index contributed by atoms with van der Waals surface area (Å²) in [7, 11) is 0. The number of ether oxygens (including phenoxy) is 2. The Hall–Kier alpha value is -1.02. The molecular formula is C13H19O2. The van der Waals surface area contributed by atoms with E-state index in [0.717, 1.165) is 5.75 Å². The highest BCUT2D eigenvalue weighted by atomic mass is 16.5. The summed E-state index contributed by atoms with van der Waals surface area (Å²) in [5.41, 5.74) is 1.24. The van der Waals surface area contributed by atoms with Gasteiger partial charge < -0.3 is 9.47 Å². The number of aryl methyl sites for hydroxylation is 1. The van der Waals surface area contributed by atoms with Gasteiger partial charge in [0.25, 0.3) is 0 Å². The maximum Gasteiger partial charge on any atom is 0.119 e. The van der Waals surface area contributed by atoms with E-state index in [1.54, 1.807) is 0 Å². The normalized spacial score (nSPS) is 12.5. The van der Waals surface area contributed by atoms with Crippen LogP contribution in [0, 0.1) is 13.3 Å². The van der Waals surface area contributed by atoms with Crippen LogP contribution in [0.3, 0.4) is 0 Å². The monoisotopic (exact) mass is 207 g/mol. The third kappa shape index (κ3) is 4.84. The largest absolute Gasteiger partial charge is 0.491 e. The second kappa shape index (κ2) is 6.46. The first-order valence-electron chi connectivity index (χ1n) is 5.31. The van der Waals surface area contributed by atoms with Crippen LogP contribution in [0.4, 0.5) is 0 Å². The molecule has 0 heterocycles. The van der Waals surface area contributed by atoms with Gasteiger partial charge in [0.05, 0.1) is 6.10 Å². The van der Waals surface area contributed by atoms with Gasteiger partial charge in [0.2, 0.25) is 0 Å². The van der Waals surface area contributed by atoms with Gasteiger partial charge in [-0.3, -0.25) is 0 Å². The minimum Gasteiger partial charge on any atom is -0.491 e. The smallest absolute Gasteiger partial charge is 0.119 e. The summed E-state index contributed by atoms with van der Waals surface area (Å²) in [5, 5.41) is 0. The standard InChI is InChI=1S/C13H19O2/c1-4-9-14-12(3)10-15-13-7-5-11(2)6-8-13/h4-8,12H,9-10H2,1-3H3. The molecule has 15 heavy (non-hydrogen) atoms. The van der Waals surface area contributed by atoms with Gasteiger partial charge in [0, 0.05) is 6.61 Å². The first kappa shape index (κ1) is 12.1. The fourth-order valence-corrected chi connectivity index (χ4v) is 1.16. The maximum absolute atomic E-state index is 5.58. The van der Waals surface area contributed by atoms with Crippen molar-refractivity contribution in [3.05, 3.63) is 36.2 Å². The molecule has 1 rings (SSSR count). The van der Waals surface area contributed by atoms with Crippen molar-refractivity contribution in [2.75, 3.05) is 13.2 Å². The Morgan fingerprint density at radius 2 is 1.93 bits per heavy atom. The van der Waals surface area contributed by atoms with Crippen molar-refractivity contribution in [3.8, 4) is 5.75 Å². The molecule has 0 bridgehead atoms. The molecule has 0 N–H and O–H groups in total. The molecule has 0 aliphatic carbocycles. The number of benzene rings is 1. The molecule has 0 fully saturated rings. The van der Waals surface area contributed by atoms with Crippen LogP contribution in [0.1, 0.15) is 19.4 Å². The highest BCUT2D eigenvalue weighted by Crippen LogP contribution is 2.11. The van der Waals surface area contributed by atoms with E-state index >= 15 is 0 Å². The van der Waals surface area contributed by atoms with E-state index in [9.17, 15) is 0 Å². The van der Waals surface area contributed by atoms with Crippen molar-refractivity contribution < 1.29 is 9.47 Å². The van der Waals surface area contributed by atoms with Crippen molar-refractivity contribution in [3.63, 3.8) is 0 Å². The minimum atomic E-state index is 0.127. The predicted octanol–water partition coefficient (Wildman–Crippen LogP) is 3.00. The van der Waals surface area contributed by atoms with Gasteiger partial charge >= 0.3 is 0 Å². The second-order valence-electron chi connectivity index (χ2n) is 3.68. The lowest BCUT2D eigenvalue weighted by Gasteiger charge is -2.13. The van der Waals surface area contributed by atoms with Gasteiger partial charge in [-0.15, -0.1) is 0 Å². The average molecular weight is 207 g/mol. The molecule has 0 spiro atoms. The molecule has 0 aromatic heterocycles. The van der Waals surface area contributed by atoms with E-state index < -0.39 is 0 Å². The Morgan fingerprint density at radius 1 is 1.27 bits per heavy atom. The van der Waals surface area contributed by atoms with Gasteiger partial charge in [0.1, 0.15) is 12.4 Å². The zero-order valence-corrected chi connectivity index (χ0v) is 9.69. The summed E-state index contributed by atoms with van der Waals surface area (Å²) in [6.45, 7) is 7.33. The van der Waals surface area contributed by atoms with E-state index in [1.807, 2.05) is 44.5 Å². The Bertz CT molecular complexity index is 266. The van der Waals surface area contributed by atoms with Crippen LogP contribution in [0.15, 0.2) is 24.3 Å². The van der Waals surface area contributed by atoms with E-state index in [1.165, 1.54) is 5.56 Å². The van der Waals surface area contributed by atoms with Crippen LogP contribution in [-0.2, 0) is 4.74 Å². The highest BCUT2D eigenvalue weighted by Gasteiger charge is 2.02. The van der Waals surface area contributed by atoms with Gasteiger partial charge in [0.15, 0.2) is 0 Å². The Morgan fingerprint density at radius 3 is 2.53 bits per heavy atom. The lowest BCUT2D eigenvalue weighted by Crippen LogP contribution is -2.18. The molecule has 83 valence electrons. The van der Waals surface area contributed by atoms with Crippen LogP contribution in [0.2, 0.25) is 0 Å². The molecule has 0 aliphatic heterocycles. The lowest BCUT2D eigenvalue weighted by atomic mass is 10.2. The van der Waals surface area contributed by atoms with Gasteiger partial charge in [-0.25, -0.2) is 0 Å². The molecule has 1 radical (unpaired) electrons. The zero-order valence-electron chi connectivity index (χ0n) is 9.69. The Labute approximate surface area is 92.2 Å². The highest BCUT2D eigenvalue weighted by molar-refractivity contribution is 5.26. The lowest BCUT2D eigenvalue weighted by molar-refractivity contribution is 0.0445. The second-order valence-corrected chi connectivity index (χ2v) is 3.68. The zero-order chi connectivity index (χ0) is 11.1. The topological polar surface area (TPSA) is 18.5 Å². The number of hydrogen-bond donors (Lipinski definition) is 0. The van der Waals surface area contributed by atoms with E-state index in [2.05, 4.69) is 6.92 Å². The van der Waals surface area contributed by atoms with Gasteiger partial charge in [-0.05, 0) is 32.4 Å². The Balaban J connectivity index is 2.27. The first-order valence-corrected chi connectivity index (χ1v) is 5.31. The predicted molar refractivity (Wildman–Crippen MR) is 62.1 cm³/mol. The average Bonchev–Trinajstić information content (AvgIpc) is 2.25. The molecule has 2 nitrogen and oxygen atoms in total. The van der Waals surface area contributed by atoms with E-state index in [4.69, 9.17) is 9.47 Å². The van der Waals surface area contributed by atoms with Gasteiger partial charge in [-0.2, -0.15) is 0 Å². The molecular weight excluding hydrogens is 188 g/mol. The van der Waals surface area contributed by atoms with Gasteiger partial charge in [-0.1, -0.05) is 24.6 Å².